The summed E-state index contributed by atoms with van der Waals surface area (Å²) in [7, 11) is 4.14. The largest absolute Gasteiger partial charge is 0.425 e. The molecule has 5 heteroatoms. The third kappa shape index (κ3) is 3.11. The van der Waals surface area contributed by atoms with Gasteiger partial charge in [-0.05, 0) is 49.1 Å². The van der Waals surface area contributed by atoms with Crippen LogP contribution in [0.25, 0.3) is 11.0 Å². The Morgan fingerprint density at radius 3 is 2.63 bits per heavy atom. The summed E-state index contributed by atoms with van der Waals surface area (Å²) < 4.78 is 8.36. The van der Waals surface area contributed by atoms with Gasteiger partial charge in [0.2, 0.25) is 0 Å². The Hall–Kier alpha value is -2.04. The van der Waals surface area contributed by atoms with Crippen LogP contribution in [0.2, 0.25) is 5.02 Å². The lowest BCUT2D eigenvalue weighted by Crippen LogP contribution is -2.07. The van der Waals surface area contributed by atoms with E-state index in [-0.39, 0.29) is 0 Å². The molecule has 0 aliphatic carbocycles. The standard InChI is InChI=1S/C22H26ClN3O/c1-5-14(6-2)16-10-11-18(23)20-21(16)26(4)22(24-20)27-19-9-7-8-15-12-25(3)13-17(15)19/h7-11,14H,5-6,12-13H2,1-4H3. The van der Waals surface area contributed by atoms with E-state index in [1.807, 2.05) is 23.7 Å². The lowest BCUT2D eigenvalue weighted by atomic mass is 9.93. The van der Waals surface area contributed by atoms with Gasteiger partial charge in [0.05, 0.1) is 10.5 Å². The van der Waals surface area contributed by atoms with E-state index in [4.69, 9.17) is 21.3 Å². The van der Waals surface area contributed by atoms with Gasteiger partial charge in [0.1, 0.15) is 11.3 Å². The zero-order valence-corrected chi connectivity index (χ0v) is 17.2. The summed E-state index contributed by atoms with van der Waals surface area (Å²) in [6.07, 6.45) is 2.18. The van der Waals surface area contributed by atoms with E-state index in [1.165, 1.54) is 16.7 Å². The summed E-state index contributed by atoms with van der Waals surface area (Å²) in [6, 6.07) is 10.9. The first-order chi connectivity index (χ1) is 13.0. The van der Waals surface area contributed by atoms with Crippen molar-refractivity contribution < 1.29 is 4.74 Å². The van der Waals surface area contributed by atoms with Crippen LogP contribution in [0, 0.1) is 0 Å². The number of hydrogen-bond acceptors (Lipinski definition) is 3. The van der Waals surface area contributed by atoms with Gasteiger partial charge < -0.3 is 4.74 Å². The molecule has 0 atom stereocenters. The molecule has 0 bridgehead atoms. The molecule has 0 spiro atoms. The van der Waals surface area contributed by atoms with Crippen LogP contribution in [0.15, 0.2) is 30.3 Å². The first-order valence-electron chi connectivity index (χ1n) is 9.65. The Balaban J connectivity index is 1.81. The molecule has 0 fully saturated rings. The van der Waals surface area contributed by atoms with Crippen LogP contribution in [-0.2, 0) is 20.1 Å². The number of benzene rings is 2. The molecule has 1 aliphatic rings. The van der Waals surface area contributed by atoms with E-state index in [0.717, 1.165) is 42.7 Å². The predicted octanol–water partition coefficient (Wildman–Crippen LogP) is 5.87. The van der Waals surface area contributed by atoms with E-state index < -0.39 is 0 Å². The van der Waals surface area contributed by atoms with E-state index in [9.17, 15) is 0 Å². The normalized spacial score (nSPS) is 14.3. The first kappa shape index (κ1) is 18.3. The molecule has 4 nitrogen and oxygen atoms in total. The third-order valence-corrected chi connectivity index (χ3v) is 5.99. The summed E-state index contributed by atoms with van der Waals surface area (Å²) in [5.41, 5.74) is 5.77. The Kier molecular flexibility index (Phi) is 4.87. The zero-order valence-electron chi connectivity index (χ0n) is 16.4. The lowest BCUT2D eigenvalue weighted by molar-refractivity contribution is 0.347. The van der Waals surface area contributed by atoms with Crippen molar-refractivity contribution in [2.24, 2.45) is 7.05 Å². The summed E-state index contributed by atoms with van der Waals surface area (Å²) in [5, 5.41) is 0.670. The minimum atomic E-state index is 0.489. The van der Waals surface area contributed by atoms with Crippen LogP contribution < -0.4 is 4.74 Å². The van der Waals surface area contributed by atoms with Gasteiger partial charge in [0, 0.05) is 25.7 Å². The maximum Gasteiger partial charge on any atom is 0.302 e. The van der Waals surface area contributed by atoms with Crippen LogP contribution in [0.5, 0.6) is 11.8 Å². The smallest absolute Gasteiger partial charge is 0.302 e. The number of hydrogen-bond donors (Lipinski definition) is 0. The van der Waals surface area contributed by atoms with Crippen molar-refractivity contribution in [3.8, 4) is 11.8 Å². The Labute approximate surface area is 165 Å². The number of ether oxygens (including phenoxy) is 1. The fraction of sp³-hybridized carbons (Fsp3) is 0.409. The van der Waals surface area contributed by atoms with Gasteiger partial charge in [-0.2, -0.15) is 4.98 Å². The summed E-state index contributed by atoms with van der Waals surface area (Å²) in [6.45, 7) is 6.31. The molecule has 0 unspecified atom stereocenters. The Bertz CT molecular complexity index is 991. The van der Waals surface area contributed by atoms with Crippen LogP contribution in [0.4, 0.5) is 0 Å². The molecule has 0 amide bonds. The highest BCUT2D eigenvalue weighted by molar-refractivity contribution is 6.35. The monoisotopic (exact) mass is 383 g/mol. The lowest BCUT2D eigenvalue weighted by Gasteiger charge is -2.15. The highest BCUT2D eigenvalue weighted by Crippen LogP contribution is 2.38. The average molecular weight is 384 g/mol. The summed E-state index contributed by atoms with van der Waals surface area (Å²) >= 11 is 6.48. The fourth-order valence-corrected chi connectivity index (χ4v) is 4.39. The van der Waals surface area contributed by atoms with Crippen molar-refractivity contribution in [1.29, 1.82) is 0 Å². The predicted molar refractivity (Wildman–Crippen MR) is 111 cm³/mol. The van der Waals surface area contributed by atoms with Gasteiger partial charge in [-0.3, -0.25) is 9.47 Å². The first-order valence-corrected chi connectivity index (χ1v) is 10.0. The number of aryl methyl sites for hydroxylation is 1. The van der Waals surface area contributed by atoms with E-state index in [2.05, 4.69) is 44.0 Å². The van der Waals surface area contributed by atoms with Gasteiger partial charge in [0.25, 0.3) is 0 Å². The topological polar surface area (TPSA) is 30.3 Å². The maximum absolute atomic E-state index is 6.48. The van der Waals surface area contributed by atoms with Crippen molar-refractivity contribution >= 4 is 22.6 Å². The summed E-state index contributed by atoms with van der Waals surface area (Å²) in [4.78, 5) is 7.04. The van der Waals surface area contributed by atoms with Crippen LogP contribution in [-0.4, -0.2) is 21.5 Å². The second-order valence-electron chi connectivity index (χ2n) is 7.47. The zero-order chi connectivity index (χ0) is 19.1. The van der Waals surface area contributed by atoms with Crippen LogP contribution >= 0.6 is 11.6 Å². The van der Waals surface area contributed by atoms with E-state index in [0.29, 0.717) is 17.0 Å². The van der Waals surface area contributed by atoms with E-state index >= 15 is 0 Å². The SMILES string of the molecule is CCC(CC)c1ccc(Cl)c2nc(Oc3cccc4c3CN(C)C4)n(C)c12. The molecule has 3 aromatic rings. The highest BCUT2D eigenvalue weighted by Gasteiger charge is 2.23. The molecule has 0 N–H and O–H groups in total. The fourth-order valence-electron chi connectivity index (χ4n) is 4.19. The molecular formula is C22H26ClN3O. The van der Waals surface area contributed by atoms with Gasteiger partial charge in [-0.1, -0.05) is 43.6 Å². The second kappa shape index (κ2) is 7.17. The number of fused-ring (bicyclic) bond motifs is 2. The van der Waals surface area contributed by atoms with Crippen LogP contribution in [0.3, 0.4) is 0 Å². The quantitative estimate of drug-likeness (QED) is 0.552. The molecule has 2 heterocycles. The molecule has 0 saturated carbocycles. The molecule has 0 saturated heterocycles. The maximum atomic E-state index is 6.48. The molecule has 1 aliphatic heterocycles. The molecular weight excluding hydrogens is 358 g/mol. The minimum Gasteiger partial charge on any atom is -0.425 e. The second-order valence-corrected chi connectivity index (χ2v) is 7.88. The van der Waals surface area contributed by atoms with Gasteiger partial charge in [-0.15, -0.1) is 0 Å². The van der Waals surface area contributed by atoms with Crippen molar-refractivity contribution in [3.05, 3.63) is 52.0 Å². The van der Waals surface area contributed by atoms with Gasteiger partial charge in [-0.25, -0.2) is 0 Å². The number of imidazole rings is 1. The third-order valence-electron chi connectivity index (χ3n) is 5.69. The molecule has 4 rings (SSSR count). The Morgan fingerprint density at radius 1 is 1.11 bits per heavy atom. The number of aromatic nitrogens is 2. The van der Waals surface area contributed by atoms with Gasteiger partial charge in [0.15, 0.2) is 0 Å². The molecule has 142 valence electrons. The molecule has 1 aromatic heterocycles. The average Bonchev–Trinajstić information content (AvgIpc) is 3.19. The number of rotatable bonds is 5. The highest BCUT2D eigenvalue weighted by atomic mass is 35.5. The van der Waals surface area contributed by atoms with Crippen molar-refractivity contribution in [2.75, 3.05) is 7.05 Å². The summed E-state index contributed by atoms with van der Waals surface area (Å²) in [5.74, 6) is 1.37. The molecule has 2 aromatic carbocycles. The van der Waals surface area contributed by atoms with Gasteiger partial charge >= 0.3 is 6.01 Å². The van der Waals surface area contributed by atoms with Crippen molar-refractivity contribution in [2.45, 2.75) is 45.7 Å². The van der Waals surface area contributed by atoms with Crippen LogP contribution in [0.1, 0.15) is 49.3 Å². The Morgan fingerprint density at radius 2 is 1.89 bits per heavy atom. The minimum absolute atomic E-state index is 0.489. The molecule has 0 radical (unpaired) electrons. The van der Waals surface area contributed by atoms with Crippen molar-refractivity contribution in [1.82, 2.24) is 14.5 Å². The van der Waals surface area contributed by atoms with E-state index in [1.54, 1.807) is 0 Å². The molecule has 27 heavy (non-hydrogen) atoms. The number of nitrogens with zero attached hydrogens (tertiary/aromatic N) is 3. The van der Waals surface area contributed by atoms with Crippen molar-refractivity contribution in [3.63, 3.8) is 0 Å². The number of halogens is 1.